The molecule has 31 heavy (non-hydrogen) atoms. The first kappa shape index (κ1) is 18.7. The van der Waals surface area contributed by atoms with Crippen LogP contribution in [0.2, 0.25) is 0 Å². The van der Waals surface area contributed by atoms with Crippen LogP contribution < -0.4 is 9.47 Å². The maximum Gasteiger partial charge on any atom is 0.127 e. The molecular weight excluding hydrogens is 380 g/mol. The van der Waals surface area contributed by atoms with Crippen LogP contribution in [0.5, 0.6) is 11.5 Å². The number of benzene rings is 4. The van der Waals surface area contributed by atoms with Crippen LogP contribution in [0.25, 0.3) is 32.7 Å². The molecule has 2 nitrogen and oxygen atoms in total. The quantitative estimate of drug-likeness (QED) is 0.325. The van der Waals surface area contributed by atoms with Crippen LogP contribution in [0.3, 0.4) is 0 Å². The molecule has 0 spiro atoms. The van der Waals surface area contributed by atoms with Gasteiger partial charge in [0.15, 0.2) is 0 Å². The van der Waals surface area contributed by atoms with E-state index in [9.17, 15) is 0 Å². The van der Waals surface area contributed by atoms with Crippen molar-refractivity contribution in [2.45, 2.75) is 26.2 Å². The molecular formula is C29H28O2. The highest BCUT2D eigenvalue weighted by atomic mass is 16.5. The summed E-state index contributed by atoms with van der Waals surface area (Å²) >= 11 is 0. The van der Waals surface area contributed by atoms with Crippen molar-refractivity contribution >= 4 is 21.5 Å². The summed E-state index contributed by atoms with van der Waals surface area (Å²) in [5, 5.41) is 4.89. The zero-order chi connectivity index (χ0) is 20.8. The van der Waals surface area contributed by atoms with Gasteiger partial charge in [0.1, 0.15) is 11.5 Å². The molecule has 0 N–H and O–H groups in total. The van der Waals surface area contributed by atoms with Gasteiger partial charge in [0.25, 0.3) is 0 Å². The first-order valence-electron chi connectivity index (χ1n) is 11.6. The minimum atomic E-state index is 0.418. The summed E-state index contributed by atoms with van der Waals surface area (Å²) in [5.41, 5.74) is 2.32. The van der Waals surface area contributed by atoms with Crippen molar-refractivity contribution in [1.29, 1.82) is 0 Å². The third kappa shape index (κ3) is 3.26. The highest BCUT2D eigenvalue weighted by molar-refractivity contribution is 6.09. The Balaban J connectivity index is 1.58. The topological polar surface area (TPSA) is 18.5 Å². The number of hydrogen-bond acceptors (Lipinski definition) is 2. The summed E-state index contributed by atoms with van der Waals surface area (Å²) in [6, 6.07) is 25.9. The second-order valence-corrected chi connectivity index (χ2v) is 9.38. The lowest BCUT2D eigenvalue weighted by Gasteiger charge is -2.23. The zero-order valence-corrected chi connectivity index (χ0v) is 18.0. The fourth-order valence-corrected chi connectivity index (χ4v) is 5.65. The van der Waals surface area contributed by atoms with Crippen LogP contribution in [0.4, 0.5) is 0 Å². The predicted octanol–water partition coefficient (Wildman–Crippen LogP) is 7.48. The Morgan fingerprint density at radius 1 is 0.613 bits per heavy atom. The van der Waals surface area contributed by atoms with Crippen molar-refractivity contribution < 1.29 is 9.47 Å². The van der Waals surface area contributed by atoms with E-state index in [0.29, 0.717) is 25.0 Å². The van der Waals surface area contributed by atoms with Crippen LogP contribution in [-0.4, -0.2) is 13.2 Å². The summed E-state index contributed by atoms with van der Waals surface area (Å²) in [6.45, 7) is 3.81. The van der Waals surface area contributed by atoms with E-state index < -0.39 is 0 Å². The molecule has 2 aliphatic rings. The summed E-state index contributed by atoms with van der Waals surface area (Å²) in [7, 11) is 0. The smallest absolute Gasteiger partial charge is 0.127 e. The normalized spacial score (nSPS) is 21.5. The molecule has 4 aromatic rings. The molecule has 1 heterocycles. The Morgan fingerprint density at radius 2 is 1.16 bits per heavy atom. The predicted molar refractivity (Wildman–Crippen MR) is 128 cm³/mol. The van der Waals surface area contributed by atoms with E-state index in [1.54, 1.807) is 0 Å². The van der Waals surface area contributed by atoms with Gasteiger partial charge in [-0.2, -0.15) is 0 Å². The summed E-state index contributed by atoms with van der Waals surface area (Å²) in [6.07, 6.45) is 3.89. The van der Waals surface area contributed by atoms with Crippen molar-refractivity contribution in [1.82, 2.24) is 0 Å². The maximum absolute atomic E-state index is 6.60. The van der Waals surface area contributed by atoms with E-state index in [0.717, 1.165) is 28.5 Å². The lowest BCUT2D eigenvalue weighted by Crippen LogP contribution is -2.26. The van der Waals surface area contributed by atoms with Crippen molar-refractivity contribution in [3.05, 3.63) is 72.8 Å². The molecule has 4 aromatic carbocycles. The SMILES string of the molecule is CC1CCC(C2COc3ccc4ccccc4c3-c3c(ccc4ccccc34)OC2)C1. The van der Waals surface area contributed by atoms with Crippen molar-refractivity contribution in [2.24, 2.45) is 17.8 Å². The van der Waals surface area contributed by atoms with E-state index in [1.807, 2.05) is 0 Å². The zero-order valence-electron chi connectivity index (χ0n) is 18.0. The lowest BCUT2D eigenvalue weighted by atomic mass is 9.91. The van der Waals surface area contributed by atoms with E-state index in [2.05, 4.69) is 79.7 Å². The van der Waals surface area contributed by atoms with Crippen LogP contribution in [0.15, 0.2) is 72.8 Å². The molecule has 1 fully saturated rings. The molecule has 2 heteroatoms. The number of fused-ring (bicyclic) bond motifs is 7. The van der Waals surface area contributed by atoms with Gasteiger partial charge in [0, 0.05) is 17.0 Å². The molecule has 0 amide bonds. The molecule has 2 unspecified atom stereocenters. The summed E-state index contributed by atoms with van der Waals surface area (Å²) < 4.78 is 13.2. The maximum atomic E-state index is 6.60. The molecule has 0 saturated heterocycles. The van der Waals surface area contributed by atoms with Gasteiger partial charge >= 0.3 is 0 Å². The van der Waals surface area contributed by atoms with Gasteiger partial charge in [0.05, 0.1) is 13.2 Å². The van der Waals surface area contributed by atoms with Crippen LogP contribution in [0.1, 0.15) is 26.2 Å². The van der Waals surface area contributed by atoms with Gasteiger partial charge in [-0.25, -0.2) is 0 Å². The average molecular weight is 409 g/mol. The van der Waals surface area contributed by atoms with Crippen molar-refractivity contribution in [3.8, 4) is 22.6 Å². The second kappa shape index (κ2) is 7.60. The highest BCUT2D eigenvalue weighted by Crippen LogP contribution is 2.47. The first-order chi connectivity index (χ1) is 15.3. The number of rotatable bonds is 1. The van der Waals surface area contributed by atoms with Gasteiger partial charge in [-0.3, -0.25) is 0 Å². The fourth-order valence-electron chi connectivity index (χ4n) is 5.65. The van der Waals surface area contributed by atoms with Gasteiger partial charge in [0.2, 0.25) is 0 Å². The van der Waals surface area contributed by atoms with Gasteiger partial charge in [-0.1, -0.05) is 74.0 Å². The molecule has 0 radical (unpaired) electrons. The fraction of sp³-hybridized carbons (Fsp3) is 0.310. The van der Waals surface area contributed by atoms with Crippen LogP contribution >= 0.6 is 0 Å². The Kier molecular flexibility index (Phi) is 4.60. The van der Waals surface area contributed by atoms with Gasteiger partial charge < -0.3 is 9.47 Å². The Labute approximate surface area is 183 Å². The Morgan fingerprint density at radius 3 is 1.68 bits per heavy atom. The number of ether oxygens (including phenoxy) is 2. The average Bonchev–Trinajstić information content (AvgIpc) is 3.27. The second-order valence-electron chi connectivity index (χ2n) is 9.38. The van der Waals surface area contributed by atoms with E-state index in [-0.39, 0.29) is 0 Å². The monoisotopic (exact) mass is 408 g/mol. The Hall–Kier alpha value is -3.00. The molecule has 0 aromatic heterocycles. The van der Waals surface area contributed by atoms with E-state index in [1.165, 1.54) is 40.8 Å². The minimum absolute atomic E-state index is 0.418. The molecule has 156 valence electrons. The first-order valence-corrected chi connectivity index (χ1v) is 11.6. The highest BCUT2D eigenvalue weighted by Gasteiger charge is 2.31. The van der Waals surface area contributed by atoms with E-state index in [4.69, 9.17) is 9.47 Å². The third-order valence-electron chi connectivity index (χ3n) is 7.34. The lowest BCUT2D eigenvalue weighted by molar-refractivity contribution is 0.132. The standard InChI is InChI=1S/C29H28O2/c1-19-10-11-22(16-19)23-17-30-26-14-12-20-6-2-4-8-24(20)28(26)29-25-9-5-3-7-21(25)13-15-27(29)31-18-23/h2-9,12-15,19,22-23H,10-11,16-18H2,1H3. The molecule has 2 atom stereocenters. The van der Waals surface area contributed by atoms with Crippen molar-refractivity contribution in [3.63, 3.8) is 0 Å². The molecule has 1 aliphatic carbocycles. The Bertz CT molecular complexity index is 1170. The minimum Gasteiger partial charge on any atom is -0.492 e. The number of hydrogen-bond donors (Lipinski definition) is 0. The van der Waals surface area contributed by atoms with Gasteiger partial charge in [-0.05, 0) is 58.4 Å². The van der Waals surface area contributed by atoms with Crippen LogP contribution in [0, 0.1) is 17.8 Å². The van der Waals surface area contributed by atoms with Crippen LogP contribution in [-0.2, 0) is 0 Å². The van der Waals surface area contributed by atoms with Crippen molar-refractivity contribution in [2.75, 3.05) is 13.2 Å². The summed E-state index contributed by atoms with van der Waals surface area (Å²) in [4.78, 5) is 0. The molecule has 6 rings (SSSR count). The molecule has 1 aliphatic heterocycles. The largest absolute Gasteiger partial charge is 0.492 e. The molecule has 0 bridgehead atoms. The third-order valence-corrected chi connectivity index (χ3v) is 7.34. The van der Waals surface area contributed by atoms with Gasteiger partial charge in [-0.15, -0.1) is 0 Å². The summed E-state index contributed by atoms with van der Waals surface area (Å²) in [5.74, 6) is 3.85. The van der Waals surface area contributed by atoms with E-state index >= 15 is 0 Å². The molecule has 1 saturated carbocycles.